The number of hydrogen-bond donors (Lipinski definition) is 1. The molecule has 0 atom stereocenters. The summed E-state index contributed by atoms with van der Waals surface area (Å²) in [5.41, 5.74) is 6.55. The van der Waals surface area contributed by atoms with Gasteiger partial charge in [0, 0.05) is 5.75 Å². The highest BCUT2D eigenvalue weighted by atomic mass is 32.2. The molecule has 0 fully saturated rings. The lowest BCUT2D eigenvalue weighted by atomic mass is 10.2. The van der Waals surface area contributed by atoms with Gasteiger partial charge in [0.05, 0.1) is 21.3 Å². The molecule has 2 rings (SSSR count). The number of nitrogens with two attached hydrogens (primary N) is 1. The Balaban J connectivity index is 2.18. The van der Waals surface area contributed by atoms with Crippen molar-refractivity contribution in [2.75, 3.05) is 27.1 Å². The van der Waals surface area contributed by atoms with Crippen molar-refractivity contribution < 1.29 is 14.2 Å². The molecule has 7 heteroatoms. The first-order valence-electron chi connectivity index (χ1n) is 6.18. The van der Waals surface area contributed by atoms with E-state index in [-0.39, 0.29) is 0 Å². The van der Waals surface area contributed by atoms with Gasteiger partial charge in [0.25, 0.3) is 0 Å². The van der Waals surface area contributed by atoms with Crippen LogP contribution in [0.5, 0.6) is 17.2 Å². The van der Waals surface area contributed by atoms with E-state index in [1.165, 1.54) is 0 Å². The molecule has 0 saturated carbocycles. The van der Waals surface area contributed by atoms with E-state index in [1.807, 2.05) is 18.2 Å². The van der Waals surface area contributed by atoms with Gasteiger partial charge in [-0.05, 0) is 29.8 Å². The second-order valence-corrected chi connectivity index (χ2v) is 5.11. The lowest BCUT2D eigenvalue weighted by molar-refractivity contribution is 0.324. The van der Waals surface area contributed by atoms with E-state index in [4.69, 9.17) is 19.9 Å². The van der Waals surface area contributed by atoms with Gasteiger partial charge < -0.3 is 19.9 Å². The number of thioether (sulfide) groups is 1. The normalized spacial score (nSPS) is 10.2. The average molecular weight is 307 g/mol. The fourth-order valence-corrected chi connectivity index (χ4v) is 2.53. The van der Waals surface area contributed by atoms with Gasteiger partial charge in [-0.15, -0.1) is 10.2 Å². The molecule has 112 valence electrons. The van der Waals surface area contributed by atoms with Crippen LogP contribution in [0.3, 0.4) is 0 Å². The van der Waals surface area contributed by atoms with Gasteiger partial charge in [-0.3, -0.25) is 0 Å². The number of nitrogens with zero attached hydrogens (tertiary/aromatic N) is 2. The Hall–Kier alpha value is -2.15. The van der Waals surface area contributed by atoms with Crippen LogP contribution >= 0.6 is 11.8 Å². The minimum atomic E-state index is 0.409. The summed E-state index contributed by atoms with van der Waals surface area (Å²) in [7, 11) is 4.78. The Morgan fingerprint density at radius 3 is 2.14 bits per heavy atom. The molecule has 0 bridgehead atoms. The highest BCUT2D eigenvalue weighted by Gasteiger charge is 2.13. The van der Waals surface area contributed by atoms with Crippen LogP contribution in [0.1, 0.15) is 5.56 Å². The molecule has 0 radical (unpaired) electrons. The Labute approximate surface area is 127 Å². The lowest BCUT2D eigenvalue weighted by Gasteiger charge is -2.13. The van der Waals surface area contributed by atoms with Gasteiger partial charge in [0.15, 0.2) is 11.5 Å². The zero-order valence-corrected chi connectivity index (χ0v) is 12.9. The molecule has 1 aromatic carbocycles. The number of anilines is 1. The fraction of sp³-hybridized carbons (Fsp3) is 0.286. The summed E-state index contributed by atoms with van der Waals surface area (Å²) in [6, 6.07) is 7.40. The summed E-state index contributed by atoms with van der Waals surface area (Å²) in [5, 5.41) is 8.64. The van der Waals surface area contributed by atoms with Crippen LogP contribution in [0.2, 0.25) is 0 Å². The van der Waals surface area contributed by atoms with E-state index in [9.17, 15) is 0 Å². The van der Waals surface area contributed by atoms with E-state index in [2.05, 4.69) is 10.2 Å². The standard InChI is InChI=1S/C14H17N3O3S/c1-18-10-6-9(7-11(19-2)14(10)20-3)8-21-13-5-4-12(15)16-17-13/h4-7H,8H2,1-3H3,(H2,15,16). The molecular formula is C14H17N3O3S. The highest BCUT2D eigenvalue weighted by Crippen LogP contribution is 2.39. The maximum absolute atomic E-state index is 5.51. The maximum Gasteiger partial charge on any atom is 0.203 e. The predicted molar refractivity (Wildman–Crippen MR) is 82.1 cm³/mol. The first-order valence-corrected chi connectivity index (χ1v) is 7.17. The Kier molecular flexibility index (Phi) is 5.10. The number of ether oxygens (including phenoxy) is 3. The molecular weight excluding hydrogens is 290 g/mol. The topological polar surface area (TPSA) is 79.5 Å². The third-order valence-corrected chi connectivity index (χ3v) is 3.76. The Morgan fingerprint density at radius 2 is 1.67 bits per heavy atom. The van der Waals surface area contributed by atoms with E-state index >= 15 is 0 Å². The van der Waals surface area contributed by atoms with Crippen LogP contribution in [-0.4, -0.2) is 31.5 Å². The monoisotopic (exact) mass is 307 g/mol. The third-order valence-electron chi connectivity index (χ3n) is 2.77. The van der Waals surface area contributed by atoms with E-state index in [1.54, 1.807) is 39.2 Å². The van der Waals surface area contributed by atoms with Crippen molar-refractivity contribution in [1.29, 1.82) is 0 Å². The minimum Gasteiger partial charge on any atom is -0.493 e. The first-order chi connectivity index (χ1) is 10.2. The zero-order chi connectivity index (χ0) is 15.2. The molecule has 0 spiro atoms. The third kappa shape index (κ3) is 3.69. The number of methoxy groups -OCH3 is 3. The predicted octanol–water partition coefficient (Wildman–Crippen LogP) is 2.38. The van der Waals surface area contributed by atoms with Gasteiger partial charge in [0.1, 0.15) is 10.8 Å². The summed E-state index contributed by atoms with van der Waals surface area (Å²) >= 11 is 1.55. The molecule has 1 aromatic heterocycles. The van der Waals surface area contributed by atoms with Crippen LogP contribution in [-0.2, 0) is 5.75 Å². The van der Waals surface area contributed by atoms with Crippen LogP contribution in [0.4, 0.5) is 5.82 Å². The second-order valence-electron chi connectivity index (χ2n) is 4.12. The molecule has 2 N–H and O–H groups in total. The van der Waals surface area contributed by atoms with Gasteiger partial charge in [-0.2, -0.15) is 0 Å². The number of nitrogen functional groups attached to an aromatic ring is 1. The SMILES string of the molecule is COc1cc(CSc2ccc(N)nn2)cc(OC)c1OC. The Bertz CT molecular complexity index is 580. The molecule has 0 unspecified atom stereocenters. The summed E-state index contributed by atoms with van der Waals surface area (Å²) in [6.07, 6.45) is 0. The zero-order valence-electron chi connectivity index (χ0n) is 12.1. The van der Waals surface area contributed by atoms with Crippen molar-refractivity contribution in [1.82, 2.24) is 10.2 Å². The van der Waals surface area contributed by atoms with Crippen molar-refractivity contribution in [3.63, 3.8) is 0 Å². The number of benzene rings is 1. The van der Waals surface area contributed by atoms with Gasteiger partial charge in [-0.1, -0.05) is 11.8 Å². The second kappa shape index (κ2) is 7.03. The number of rotatable bonds is 6. The molecule has 6 nitrogen and oxygen atoms in total. The van der Waals surface area contributed by atoms with Crippen molar-refractivity contribution in [2.24, 2.45) is 0 Å². The summed E-state index contributed by atoms with van der Waals surface area (Å²) in [5.74, 6) is 2.97. The van der Waals surface area contributed by atoms with E-state index in [0.717, 1.165) is 10.6 Å². The molecule has 1 heterocycles. The van der Waals surface area contributed by atoms with Crippen LogP contribution in [0, 0.1) is 0 Å². The van der Waals surface area contributed by atoms with E-state index in [0.29, 0.717) is 28.8 Å². The molecule has 0 amide bonds. The largest absolute Gasteiger partial charge is 0.493 e. The van der Waals surface area contributed by atoms with Crippen LogP contribution < -0.4 is 19.9 Å². The highest BCUT2D eigenvalue weighted by molar-refractivity contribution is 7.98. The molecule has 0 aliphatic heterocycles. The number of aromatic nitrogens is 2. The van der Waals surface area contributed by atoms with Gasteiger partial charge in [-0.25, -0.2) is 0 Å². The van der Waals surface area contributed by atoms with Crippen molar-refractivity contribution >= 4 is 17.6 Å². The summed E-state index contributed by atoms with van der Waals surface area (Å²) < 4.78 is 16.0. The molecule has 0 aliphatic carbocycles. The first kappa shape index (κ1) is 15.2. The number of hydrogen-bond acceptors (Lipinski definition) is 7. The van der Waals surface area contributed by atoms with Gasteiger partial charge in [0.2, 0.25) is 5.75 Å². The molecule has 21 heavy (non-hydrogen) atoms. The molecule has 0 aliphatic rings. The molecule has 0 saturated heterocycles. The van der Waals surface area contributed by atoms with Crippen molar-refractivity contribution in [2.45, 2.75) is 10.8 Å². The fourth-order valence-electron chi connectivity index (χ4n) is 1.78. The quantitative estimate of drug-likeness (QED) is 0.821. The van der Waals surface area contributed by atoms with Crippen molar-refractivity contribution in [3.8, 4) is 17.2 Å². The van der Waals surface area contributed by atoms with Crippen molar-refractivity contribution in [3.05, 3.63) is 29.8 Å². The Morgan fingerprint density at radius 1 is 1.00 bits per heavy atom. The summed E-state index contributed by atoms with van der Waals surface area (Å²) in [6.45, 7) is 0. The van der Waals surface area contributed by atoms with Crippen LogP contribution in [0.25, 0.3) is 0 Å². The van der Waals surface area contributed by atoms with Crippen LogP contribution in [0.15, 0.2) is 29.3 Å². The summed E-state index contributed by atoms with van der Waals surface area (Å²) in [4.78, 5) is 0. The minimum absolute atomic E-state index is 0.409. The maximum atomic E-state index is 5.51. The van der Waals surface area contributed by atoms with E-state index < -0.39 is 0 Å². The smallest absolute Gasteiger partial charge is 0.203 e. The van der Waals surface area contributed by atoms with Gasteiger partial charge >= 0.3 is 0 Å². The average Bonchev–Trinajstić information content (AvgIpc) is 2.53. The molecule has 2 aromatic rings. The lowest BCUT2D eigenvalue weighted by Crippen LogP contribution is -1.97.